The lowest BCUT2D eigenvalue weighted by Gasteiger charge is -2.09. The summed E-state index contributed by atoms with van der Waals surface area (Å²) in [6.07, 6.45) is 3.18. The molecule has 0 aliphatic heterocycles. The zero-order valence-electron chi connectivity index (χ0n) is 13.6. The second-order valence-corrected chi connectivity index (χ2v) is 5.40. The Morgan fingerprint density at radius 1 is 1.12 bits per heavy atom. The molecule has 2 rings (SSSR count). The Kier molecular flexibility index (Phi) is 6.42. The van der Waals surface area contributed by atoms with Crippen molar-refractivity contribution in [3.63, 3.8) is 0 Å². The van der Waals surface area contributed by atoms with E-state index in [0.717, 1.165) is 19.3 Å². The maximum absolute atomic E-state index is 13.4. The molecule has 0 radical (unpaired) electrons. The highest BCUT2D eigenvalue weighted by molar-refractivity contribution is 5.89. The maximum atomic E-state index is 13.4. The minimum Gasteiger partial charge on any atom is -0.457 e. The number of nitrogens with one attached hydrogen (secondary N) is 2. The van der Waals surface area contributed by atoms with Crippen LogP contribution in [0.4, 0.5) is 20.6 Å². The summed E-state index contributed by atoms with van der Waals surface area (Å²) in [5.74, 6) is 0.370. The van der Waals surface area contributed by atoms with E-state index in [0.29, 0.717) is 23.7 Å². The number of hydrogen-bond donors (Lipinski definition) is 3. The second-order valence-electron chi connectivity index (χ2n) is 5.40. The second kappa shape index (κ2) is 8.76. The Hall–Kier alpha value is -2.76. The van der Waals surface area contributed by atoms with E-state index in [4.69, 9.17) is 10.5 Å². The molecule has 128 valence electrons. The largest absolute Gasteiger partial charge is 0.457 e. The van der Waals surface area contributed by atoms with Gasteiger partial charge < -0.3 is 21.1 Å². The van der Waals surface area contributed by atoms with Gasteiger partial charge >= 0.3 is 6.03 Å². The van der Waals surface area contributed by atoms with E-state index >= 15 is 0 Å². The Bertz CT molecular complexity index is 674. The van der Waals surface area contributed by atoms with Crippen molar-refractivity contribution in [1.29, 1.82) is 0 Å². The Morgan fingerprint density at radius 2 is 1.83 bits per heavy atom. The van der Waals surface area contributed by atoms with Crippen molar-refractivity contribution >= 4 is 17.4 Å². The smallest absolute Gasteiger partial charge is 0.319 e. The molecule has 0 saturated heterocycles. The van der Waals surface area contributed by atoms with Gasteiger partial charge in [0.1, 0.15) is 17.3 Å². The fraction of sp³-hybridized carbons (Fsp3) is 0.278. The fourth-order valence-electron chi connectivity index (χ4n) is 2.07. The van der Waals surface area contributed by atoms with E-state index in [1.54, 1.807) is 30.3 Å². The third kappa shape index (κ3) is 5.46. The van der Waals surface area contributed by atoms with Crippen LogP contribution in [0, 0.1) is 5.82 Å². The number of carbonyl (C=O) groups excluding carboxylic acids is 1. The van der Waals surface area contributed by atoms with Crippen molar-refractivity contribution in [2.45, 2.75) is 26.2 Å². The molecule has 2 aromatic rings. The van der Waals surface area contributed by atoms with Gasteiger partial charge in [-0.15, -0.1) is 0 Å². The highest BCUT2D eigenvalue weighted by Crippen LogP contribution is 2.25. The molecule has 0 unspecified atom stereocenters. The predicted octanol–water partition coefficient (Wildman–Crippen LogP) is 4.51. The Labute approximate surface area is 141 Å². The number of ether oxygens (including phenoxy) is 1. The van der Waals surface area contributed by atoms with Gasteiger partial charge in [-0.25, -0.2) is 9.18 Å². The molecule has 4 N–H and O–H groups in total. The molecule has 0 spiro atoms. The molecule has 6 heteroatoms. The van der Waals surface area contributed by atoms with Crippen molar-refractivity contribution in [1.82, 2.24) is 5.32 Å². The zero-order valence-corrected chi connectivity index (χ0v) is 13.6. The summed E-state index contributed by atoms with van der Waals surface area (Å²) in [5, 5.41) is 5.54. The lowest BCUT2D eigenvalue weighted by atomic mass is 10.2. The predicted molar refractivity (Wildman–Crippen MR) is 93.9 cm³/mol. The van der Waals surface area contributed by atoms with Crippen LogP contribution in [-0.4, -0.2) is 12.6 Å². The van der Waals surface area contributed by atoms with Crippen LogP contribution >= 0.6 is 0 Å². The number of amides is 2. The summed E-state index contributed by atoms with van der Waals surface area (Å²) in [6.45, 7) is 2.77. The normalized spacial score (nSPS) is 10.2. The molecule has 0 bridgehead atoms. The molecule has 0 saturated carbocycles. The fourth-order valence-corrected chi connectivity index (χ4v) is 2.07. The van der Waals surface area contributed by atoms with E-state index in [9.17, 15) is 9.18 Å². The first-order valence-corrected chi connectivity index (χ1v) is 7.96. The minimum absolute atomic E-state index is 0.0758. The molecule has 24 heavy (non-hydrogen) atoms. The van der Waals surface area contributed by atoms with Gasteiger partial charge in [-0.1, -0.05) is 19.8 Å². The molecular weight excluding hydrogens is 309 g/mol. The third-order valence-electron chi connectivity index (χ3n) is 3.39. The number of nitrogens with two attached hydrogens (primary N) is 1. The average molecular weight is 331 g/mol. The van der Waals surface area contributed by atoms with Gasteiger partial charge in [0.05, 0.1) is 5.69 Å². The minimum atomic E-state index is -0.523. The van der Waals surface area contributed by atoms with Crippen LogP contribution < -0.4 is 21.1 Å². The summed E-state index contributed by atoms with van der Waals surface area (Å²) in [6, 6.07) is 10.9. The van der Waals surface area contributed by atoms with Gasteiger partial charge in [-0.3, -0.25) is 0 Å². The number of urea groups is 1. The van der Waals surface area contributed by atoms with Crippen molar-refractivity contribution in [3.05, 3.63) is 48.3 Å². The summed E-state index contributed by atoms with van der Waals surface area (Å²) in [7, 11) is 0. The Morgan fingerprint density at radius 3 is 2.50 bits per heavy atom. The van der Waals surface area contributed by atoms with Gasteiger partial charge in [0.2, 0.25) is 0 Å². The highest BCUT2D eigenvalue weighted by Gasteiger charge is 2.04. The number of benzene rings is 2. The van der Waals surface area contributed by atoms with E-state index in [1.165, 1.54) is 12.1 Å². The topological polar surface area (TPSA) is 76.4 Å². The molecule has 0 fully saturated rings. The molecule has 5 nitrogen and oxygen atoms in total. The molecule has 2 aromatic carbocycles. The summed E-state index contributed by atoms with van der Waals surface area (Å²) in [5.41, 5.74) is 6.15. The quantitative estimate of drug-likeness (QED) is 0.516. The molecule has 2 amide bonds. The highest BCUT2D eigenvalue weighted by atomic mass is 19.1. The van der Waals surface area contributed by atoms with Crippen LogP contribution in [-0.2, 0) is 0 Å². The van der Waals surface area contributed by atoms with Crippen molar-refractivity contribution in [2.75, 3.05) is 17.6 Å². The number of unbranched alkanes of at least 4 members (excludes halogenated alkanes) is 2. The van der Waals surface area contributed by atoms with Crippen LogP contribution in [0.2, 0.25) is 0 Å². The van der Waals surface area contributed by atoms with Gasteiger partial charge in [0.15, 0.2) is 0 Å². The van der Waals surface area contributed by atoms with Gasteiger partial charge in [-0.05, 0) is 42.8 Å². The zero-order chi connectivity index (χ0) is 17.4. The average Bonchev–Trinajstić information content (AvgIpc) is 2.57. The summed E-state index contributed by atoms with van der Waals surface area (Å²) >= 11 is 0. The first-order chi connectivity index (χ1) is 11.6. The molecule has 0 aliphatic carbocycles. The first kappa shape index (κ1) is 17.6. The first-order valence-electron chi connectivity index (χ1n) is 7.96. The number of rotatable bonds is 7. The SMILES string of the molecule is CCCCCNC(=O)Nc1ccc(Oc2ccc(N)c(F)c2)cc1. The molecule has 0 aromatic heterocycles. The monoisotopic (exact) mass is 331 g/mol. The van der Waals surface area contributed by atoms with E-state index in [1.807, 2.05) is 0 Å². The lowest BCUT2D eigenvalue weighted by molar-refractivity contribution is 0.252. The number of carbonyl (C=O) groups is 1. The lowest BCUT2D eigenvalue weighted by Crippen LogP contribution is -2.29. The molecule has 0 aliphatic rings. The van der Waals surface area contributed by atoms with E-state index < -0.39 is 5.82 Å². The third-order valence-corrected chi connectivity index (χ3v) is 3.39. The van der Waals surface area contributed by atoms with Crippen LogP contribution in [0.1, 0.15) is 26.2 Å². The van der Waals surface area contributed by atoms with Crippen LogP contribution in [0.15, 0.2) is 42.5 Å². The maximum Gasteiger partial charge on any atom is 0.319 e. The summed E-state index contributed by atoms with van der Waals surface area (Å²) in [4.78, 5) is 11.7. The van der Waals surface area contributed by atoms with Gasteiger partial charge in [0, 0.05) is 18.3 Å². The van der Waals surface area contributed by atoms with E-state index in [-0.39, 0.29) is 11.7 Å². The number of hydrogen-bond acceptors (Lipinski definition) is 3. The number of anilines is 2. The van der Waals surface area contributed by atoms with Crippen LogP contribution in [0.25, 0.3) is 0 Å². The molecule has 0 heterocycles. The number of halogens is 1. The van der Waals surface area contributed by atoms with Gasteiger partial charge in [0.25, 0.3) is 0 Å². The number of nitrogen functional groups attached to an aromatic ring is 1. The molecule has 0 atom stereocenters. The standard InChI is InChI=1S/C18H22FN3O2/c1-2-3-4-11-21-18(23)22-13-5-7-14(8-6-13)24-15-9-10-17(20)16(19)12-15/h5-10,12H,2-4,11,20H2,1H3,(H2,21,22,23). The summed E-state index contributed by atoms with van der Waals surface area (Å²) < 4.78 is 18.9. The molecular formula is C18H22FN3O2. The van der Waals surface area contributed by atoms with Crippen molar-refractivity contribution in [3.8, 4) is 11.5 Å². The van der Waals surface area contributed by atoms with Crippen molar-refractivity contribution < 1.29 is 13.9 Å². The van der Waals surface area contributed by atoms with E-state index in [2.05, 4.69) is 17.6 Å². The van der Waals surface area contributed by atoms with Crippen LogP contribution in [0.3, 0.4) is 0 Å². The van der Waals surface area contributed by atoms with Crippen molar-refractivity contribution in [2.24, 2.45) is 0 Å². The van der Waals surface area contributed by atoms with Gasteiger partial charge in [-0.2, -0.15) is 0 Å². The Balaban J connectivity index is 1.86. The van der Waals surface area contributed by atoms with Crippen LogP contribution in [0.5, 0.6) is 11.5 Å².